The highest BCUT2D eigenvalue weighted by Crippen LogP contribution is 2.48. The van der Waals surface area contributed by atoms with E-state index in [9.17, 15) is 35.0 Å². The normalized spacial score (nSPS) is 21.4. The van der Waals surface area contributed by atoms with E-state index in [4.69, 9.17) is 0 Å². The largest absolute Gasteiger partial charge is 0.507 e. The maximum Gasteiger partial charge on any atom is 0.271 e. The second kappa shape index (κ2) is 12.5. The zero-order valence-electron chi connectivity index (χ0n) is 24.3. The van der Waals surface area contributed by atoms with Gasteiger partial charge in [0.1, 0.15) is 5.75 Å². The number of benzene rings is 3. The van der Waals surface area contributed by atoms with Crippen molar-refractivity contribution >= 4 is 40.0 Å². The lowest BCUT2D eigenvalue weighted by Gasteiger charge is -2.36. The monoisotopic (exact) mass is 584 g/mol. The van der Waals surface area contributed by atoms with Gasteiger partial charge in [0, 0.05) is 23.4 Å². The Morgan fingerprint density at radius 1 is 1.07 bits per heavy atom. The number of hydrogen-bond acceptors (Lipinski definition) is 7. The van der Waals surface area contributed by atoms with E-state index in [0.29, 0.717) is 24.8 Å². The van der Waals surface area contributed by atoms with Crippen LogP contribution in [0.15, 0.2) is 77.4 Å². The highest BCUT2D eigenvalue weighted by Gasteiger charge is 2.55. The molecule has 5 rings (SSSR count). The number of imide groups is 1. The lowest BCUT2D eigenvalue weighted by atomic mass is 9.67. The summed E-state index contributed by atoms with van der Waals surface area (Å²) in [5, 5.41) is 45.4. The van der Waals surface area contributed by atoms with Crippen molar-refractivity contribution in [1.82, 2.24) is 0 Å². The zero-order valence-corrected chi connectivity index (χ0v) is 24.3. The molecule has 224 valence electrons. The Bertz CT molecular complexity index is 1640. The smallest absolute Gasteiger partial charge is 0.271 e. The van der Waals surface area contributed by atoms with E-state index in [0.717, 1.165) is 38.8 Å². The molecule has 2 aliphatic rings. The molecule has 3 N–H and O–H groups in total. The van der Waals surface area contributed by atoms with Crippen LogP contribution in [0.2, 0.25) is 0 Å². The Kier molecular flexibility index (Phi) is 8.75. The van der Waals surface area contributed by atoms with Crippen molar-refractivity contribution in [2.75, 3.05) is 11.5 Å². The number of carbonyl (C=O) groups excluding carboxylic acids is 2. The van der Waals surface area contributed by atoms with Crippen LogP contribution in [0.5, 0.6) is 5.75 Å². The van der Waals surface area contributed by atoms with Gasteiger partial charge in [-0.05, 0) is 60.8 Å². The van der Waals surface area contributed by atoms with Gasteiger partial charge >= 0.3 is 0 Å². The highest BCUT2D eigenvalue weighted by atomic mass is 16.6. The predicted molar refractivity (Wildman–Crippen MR) is 164 cm³/mol. The SMILES string of the molecule is CCC1=C([C@H](O)CC/C(=C/c2ccc(O)c3ccccc23)CC)[C@H](CO)[C@@H]2C(=O)N(c3cccc([N+](=O)[O-])c3)C(=O)[C@@H]2C1. The van der Waals surface area contributed by atoms with Crippen LogP contribution in [0, 0.1) is 27.9 Å². The Morgan fingerprint density at radius 2 is 1.81 bits per heavy atom. The van der Waals surface area contributed by atoms with Gasteiger partial charge in [0.15, 0.2) is 0 Å². The van der Waals surface area contributed by atoms with E-state index in [2.05, 4.69) is 6.08 Å². The van der Waals surface area contributed by atoms with Gasteiger partial charge in [-0.15, -0.1) is 0 Å². The number of phenolic OH excluding ortho intramolecular Hbond substituents is 1. The number of phenols is 1. The summed E-state index contributed by atoms with van der Waals surface area (Å²) in [6, 6.07) is 16.6. The molecule has 1 heterocycles. The molecule has 1 aliphatic heterocycles. The average molecular weight is 585 g/mol. The molecular weight excluding hydrogens is 548 g/mol. The number of amides is 2. The average Bonchev–Trinajstić information content (AvgIpc) is 3.27. The number of non-ortho nitro benzene ring substituents is 1. The molecule has 1 saturated heterocycles. The summed E-state index contributed by atoms with van der Waals surface area (Å²) in [6.07, 6.45) is 3.71. The topological polar surface area (TPSA) is 141 Å². The van der Waals surface area contributed by atoms with Crippen molar-refractivity contribution in [2.45, 2.75) is 52.1 Å². The molecule has 0 radical (unpaired) electrons. The quantitative estimate of drug-likeness (QED) is 0.116. The number of fused-ring (bicyclic) bond motifs is 2. The molecule has 43 heavy (non-hydrogen) atoms. The van der Waals surface area contributed by atoms with Crippen LogP contribution in [0.25, 0.3) is 16.8 Å². The van der Waals surface area contributed by atoms with Gasteiger partial charge in [-0.2, -0.15) is 0 Å². The van der Waals surface area contributed by atoms with Crippen molar-refractivity contribution in [2.24, 2.45) is 17.8 Å². The lowest BCUT2D eigenvalue weighted by molar-refractivity contribution is -0.384. The summed E-state index contributed by atoms with van der Waals surface area (Å²) in [5.74, 6) is -3.03. The molecule has 0 aromatic heterocycles. The second-order valence-electron chi connectivity index (χ2n) is 11.3. The summed E-state index contributed by atoms with van der Waals surface area (Å²) < 4.78 is 0. The number of aromatic hydroxyl groups is 1. The van der Waals surface area contributed by atoms with E-state index in [1.807, 2.05) is 44.2 Å². The van der Waals surface area contributed by atoms with Gasteiger partial charge in [0.25, 0.3) is 5.69 Å². The first kappa shape index (κ1) is 30.1. The number of nitro benzene ring substituents is 1. The Morgan fingerprint density at radius 3 is 2.49 bits per heavy atom. The van der Waals surface area contributed by atoms with Crippen molar-refractivity contribution in [3.05, 3.63) is 93.1 Å². The number of aliphatic hydroxyl groups excluding tert-OH is 2. The third-order valence-corrected chi connectivity index (χ3v) is 8.95. The van der Waals surface area contributed by atoms with Crippen LogP contribution in [0.4, 0.5) is 11.4 Å². The fraction of sp³-hybridized carbons (Fsp3) is 0.353. The molecule has 4 atom stereocenters. The van der Waals surface area contributed by atoms with Crippen LogP contribution in [0.3, 0.4) is 0 Å². The van der Waals surface area contributed by atoms with Crippen molar-refractivity contribution in [1.29, 1.82) is 0 Å². The maximum absolute atomic E-state index is 13.7. The molecule has 3 aromatic rings. The fourth-order valence-electron chi connectivity index (χ4n) is 6.78. The molecule has 9 heteroatoms. The Balaban J connectivity index is 1.40. The van der Waals surface area contributed by atoms with E-state index in [1.54, 1.807) is 6.07 Å². The number of allylic oxidation sites excluding steroid dienone is 2. The van der Waals surface area contributed by atoms with Crippen LogP contribution in [0.1, 0.15) is 51.5 Å². The molecule has 1 fully saturated rings. The van der Waals surface area contributed by atoms with Gasteiger partial charge in [-0.25, -0.2) is 4.90 Å². The van der Waals surface area contributed by atoms with Gasteiger partial charge in [-0.1, -0.05) is 67.5 Å². The lowest BCUT2D eigenvalue weighted by Crippen LogP contribution is -2.39. The van der Waals surface area contributed by atoms with Crippen LogP contribution >= 0.6 is 0 Å². The molecule has 0 spiro atoms. The van der Waals surface area contributed by atoms with E-state index < -0.39 is 47.2 Å². The number of aliphatic hydroxyl groups is 2. The minimum Gasteiger partial charge on any atom is -0.507 e. The molecule has 3 aromatic carbocycles. The van der Waals surface area contributed by atoms with Gasteiger partial charge in [0.2, 0.25) is 11.8 Å². The van der Waals surface area contributed by atoms with Gasteiger partial charge in [-0.3, -0.25) is 19.7 Å². The number of nitro groups is 1. The first-order valence-electron chi connectivity index (χ1n) is 14.7. The van der Waals surface area contributed by atoms with Crippen LogP contribution in [-0.2, 0) is 9.59 Å². The van der Waals surface area contributed by atoms with Crippen LogP contribution < -0.4 is 4.90 Å². The number of carbonyl (C=O) groups is 2. The predicted octanol–water partition coefficient (Wildman–Crippen LogP) is 5.91. The van der Waals surface area contributed by atoms with E-state index in [-0.39, 0.29) is 23.5 Å². The minimum atomic E-state index is -0.922. The number of anilines is 1. The molecule has 0 unspecified atom stereocenters. The number of hydrogen-bond donors (Lipinski definition) is 3. The standard InChI is InChI=1S/C34H36N2O7/c1-3-20(16-22-13-15-29(38)26-11-6-5-10-25(22)26)12-14-30(39)31-21(4-2)17-27-32(28(31)19-37)34(41)35(33(27)40)23-8-7-9-24(18-23)36(42)43/h5-11,13,15-16,18,27-28,30,32,37-39H,3-4,12,14,17,19H2,1-2H3/b20-16+/t27-,28+,30-,32-/m1/s1. The van der Waals surface area contributed by atoms with Gasteiger partial charge in [0.05, 0.1) is 35.2 Å². The summed E-state index contributed by atoms with van der Waals surface area (Å²) >= 11 is 0. The zero-order chi connectivity index (χ0) is 30.8. The highest BCUT2D eigenvalue weighted by molar-refractivity contribution is 6.22. The molecule has 0 saturated carbocycles. The van der Waals surface area contributed by atoms with E-state index in [1.165, 1.54) is 24.3 Å². The molecule has 1 aliphatic carbocycles. The van der Waals surface area contributed by atoms with E-state index >= 15 is 0 Å². The number of nitrogens with zero attached hydrogens (tertiary/aromatic N) is 2. The molecular formula is C34H36N2O7. The van der Waals surface area contributed by atoms with Crippen molar-refractivity contribution in [3.8, 4) is 5.75 Å². The third-order valence-electron chi connectivity index (χ3n) is 8.95. The second-order valence-corrected chi connectivity index (χ2v) is 11.3. The third kappa shape index (κ3) is 5.58. The Labute approximate surface area is 249 Å². The fourth-order valence-corrected chi connectivity index (χ4v) is 6.78. The number of rotatable bonds is 10. The van der Waals surface area contributed by atoms with Crippen molar-refractivity contribution in [3.63, 3.8) is 0 Å². The maximum atomic E-state index is 13.7. The summed E-state index contributed by atoms with van der Waals surface area (Å²) in [5.41, 5.74) is 3.47. The molecule has 0 bridgehead atoms. The molecule has 2 amide bonds. The first-order chi connectivity index (χ1) is 20.7. The minimum absolute atomic E-state index is 0.134. The first-order valence-corrected chi connectivity index (χ1v) is 14.7. The van der Waals surface area contributed by atoms with Crippen molar-refractivity contribution < 1.29 is 29.8 Å². The summed E-state index contributed by atoms with van der Waals surface area (Å²) in [4.78, 5) is 39.0. The summed E-state index contributed by atoms with van der Waals surface area (Å²) in [7, 11) is 0. The Hall–Kier alpha value is -4.34. The molecule has 9 nitrogen and oxygen atoms in total. The van der Waals surface area contributed by atoms with Crippen LogP contribution in [-0.4, -0.2) is 44.8 Å². The van der Waals surface area contributed by atoms with Gasteiger partial charge < -0.3 is 15.3 Å². The summed E-state index contributed by atoms with van der Waals surface area (Å²) in [6.45, 7) is 3.57.